The van der Waals surface area contributed by atoms with E-state index in [9.17, 15) is 0 Å². The van der Waals surface area contributed by atoms with Crippen LogP contribution in [0.25, 0.3) is 0 Å². The Labute approximate surface area is 171 Å². The van der Waals surface area contributed by atoms with Gasteiger partial charge in [0.2, 0.25) is 11.9 Å². The molecule has 4 N–H and O–H groups in total. The van der Waals surface area contributed by atoms with E-state index in [1.54, 1.807) is 0 Å². The highest BCUT2D eigenvalue weighted by molar-refractivity contribution is 6.05. The largest absolute Gasteiger partial charge is 0.369 e. The first kappa shape index (κ1) is 22.3. The second-order valence-corrected chi connectivity index (χ2v) is 8.37. The Bertz CT molecular complexity index is 663. The van der Waals surface area contributed by atoms with Gasteiger partial charge in [-0.1, -0.05) is 76.8 Å². The maximum atomic E-state index is 6.15. The monoisotopic (exact) mass is 385 g/mol. The number of hydrogen-bond donors (Lipinski definition) is 2. The summed E-state index contributed by atoms with van der Waals surface area (Å²) in [5.74, 6) is 0.633. The van der Waals surface area contributed by atoms with Crippen LogP contribution in [0.4, 0.5) is 5.69 Å². The van der Waals surface area contributed by atoms with Crippen molar-refractivity contribution in [2.24, 2.45) is 21.5 Å². The predicted octanol–water partition coefficient (Wildman–Crippen LogP) is 5.34. The van der Waals surface area contributed by atoms with Gasteiger partial charge < -0.3 is 11.5 Å². The van der Waals surface area contributed by atoms with E-state index in [1.165, 1.54) is 69.8 Å². The second-order valence-electron chi connectivity index (χ2n) is 8.37. The summed E-state index contributed by atoms with van der Waals surface area (Å²) in [6.07, 6.45) is 14.7. The predicted molar refractivity (Wildman–Crippen MR) is 122 cm³/mol. The number of unbranched alkanes of at least 4 members (excludes halogenated alkanes) is 9. The summed E-state index contributed by atoms with van der Waals surface area (Å²) in [7, 11) is 0. The first-order valence-corrected chi connectivity index (χ1v) is 11.0. The van der Waals surface area contributed by atoms with Crippen LogP contribution in [0.2, 0.25) is 0 Å². The van der Waals surface area contributed by atoms with Crippen LogP contribution >= 0.6 is 0 Å². The fraction of sp³-hybridized carbons (Fsp3) is 0.652. The van der Waals surface area contributed by atoms with E-state index < -0.39 is 5.66 Å². The zero-order valence-electron chi connectivity index (χ0n) is 18.1. The highest BCUT2D eigenvalue weighted by atomic mass is 15.4. The fourth-order valence-electron chi connectivity index (χ4n) is 3.92. The van der Waals surface area contributed by atoms with Gasteiger partial charge in [0.25, 0.3) is 0 Å². The minimum atomic E-state index is -0.536. The topological polar surface area (TPSA) is 80.0 Å². The lowest BCUT2D eigenvalue weighted by Crippen LogP contribution is -2.54. The molecule has 28 heavy (non-hydrogen) atoms. The van der Waals surface area contributed by atoms with Gasteiger partial charge in [-0.05, 0) is 44.4 Å². The summed E-state index contributed by atoms with van der Waals surface area (Å²) < 4.78 is 0. The van der Waals surface area contributed by atoms with Crippen LogP contribution in [-0.4, -0.2) is 17.6 Å². The molecular weight excluding hydrogens is 346 g/mol. The second kappa shape index (κ2) is 11.1. The lowest BCUT2D eigenvalue weighted by Gasteiger charge is -2.38. The van der Waals surface area contributed by atoms with Crippen molar-refractivity contribution in [2.75, 3.05) is 4.90 Å². The van der Waals surface area contributed by atoms with Crippen LogP contribution in [0.15, 0.2) is 34.3 Å². The molecule has 1 heterocycles. The summed E-state index contributed by atoms with van der Waals surface area (Å²) in [5.41, 5.74) is 13.7. The molecule has 1 aromatic carbocycles. The van der Waals surface area contributed by atoms with E-state index in [0.717, 1.165) is 12.1 Å². The third-order valence-corrected chi connectivity index (χ3v) is 5.38. The van der Waals surface area contributed by atoms with Gasteiger partial charge in [0.05, 0.1) is 0 Å². The van der Waals surface area contributed by atoms with E-state index in [-0.39, 0.29) is 5.96 Å². The molecule has 0 aliphatic carbocycles. The number of benzene rings is 1. The standard InChI is InChI=1S/C23H39N5/c1-4-5-6-7-8-9-10-11-12-13-15-19-16-14-17-20(18-19)28-22(25)26-21(24)27-23(28,2)3/h14,16-18H,4-13,15H2,1-3H3,(H4,24,25,26,27). The number of nitrogens with two attached hydrogens (primary N) is 2. The van der Waals surface area contributed by atoms with Crippen molar-refractivity contribution in [1.29, 1.82) is 0 Å². The first-order valence-electron chi connectivity index (χ1n) is 11.0. The van der Waals surface area contributed by atoms with Crippen LogP contribution in [0, 0.1) is 0 Å². The molecule has 156 valence electrons. The van der Waals surface area contributed by atoms with Crippen LogP contribution in [0.5, 0.6) is 0 Å². The zero-order chi connectivity index (χ0) is 20.4. The first-order chi connectivity index (χ1) is 13.4. The van der Waals surface area contributed by atoms with Crippen molar-refractivity contribution >= 4 is 17.6 Å². The maximum absolute atomic E-state index is 6.15. The maximum Gasteiger partial charge on any atom is 0.220 e. The lowest BCUT2D eigenvalue weighted by atomic mass is 10.0. The van der Waals surface area contributed by atoms with Gasteiger partial charge in [-0.25, -0.2) is 4.99 Å². The molecule has 1 aliphatic heterocycles. The van der Waals surface area contributed by atoms with Gasteiger partial charge in [-0.2, -0.15) is 4.99 Å². The van der Waals surface area contributed by atoms with Gasteiger partial charge in [0.1, 0.15) is 5.66 Å². The molecule has 0 saturated carbocycles. The molecular formula is C23H39N5. The van der Waals surface area contributed by atoms with E-state index in [1.807, 2.05) is 18.7 Å². The lowest BCUT2D eigenvalue weighted by molar-refractivity contribution is 0.533. The molecule has 0 unspecified atom stereocenters. The smallest absolute Gasteiger partial charge is 0.220 e. The van der Waals surface area contributed by atoms with Crippen molar-refractivity contribution in [3.8, 4) is 0 Å². The van der Waals surface area contributed by atoms with Gasteiger partial charge in [-0.15, -0.1) is 0 Å². The molecule has 0 radical (unpaired) electrons. The third-order valence-electron chi connectivity index (χ3n) is 5.38. The average Bonchev–Trinajstić information content (AvgIpc) is 2.62. The molecule has 0 bridgehead atoms. The van der Waals surface area contributed by atoms with Gasteiger partial charge in [0, 0.05) is 5.69 Å². The van der Waals surface area contributed by atoms with Crippen molar-refractivity contribution < 1.29 is 0 Å². The minimum Gasteiger partial charge on any atom is -0.369 e. The number of aliphatic imine (C=N–C) groups is 2. The van der Waals surface area contributed by atoms with E-state index in [2.05, 4.69) is 41.2 Å². The molecule has 1 aromatic rings. The van der Waals surface area contributed by atoms with Gasteiger partial charge >= 0.3 is 0 Å². The summed E-state index contributed by atoms with van der Waals surface area (Å²) in [6.45, 7) is 6.27. The number of anilines is 1. The normalized spacial score (nSPS) is 16.0. The number of rotatable bonds is 12. The van der Waals surface area contributed by atoms with Crippen LogP contribution < -0.4 is 16.4 Å². The molecule has 0 saturated heterocycles. The summed E-state index contributed by atoms with van der Waals surface area (Å²) in [6, 6.07) is 8.54. The Morgan fingerprint density at radius 1 is 0.893 bits per heavy atom. The number of aryl methyl sites for hydroxylation is 1. The number of guanidine groups is 2. The van der Waals surface area contributed by atoms with Crippen molar-refractivity contribution in [3.05, 3.63) is 29.8 Å². The van der Waals surface area contributed by atoms with Crippen molar-refractivity contribution in [3.63, 3.8) is 0 Å². The van der Waals surface area contributed by atoms with Crippen molar-refractivity contribution in [2.45, 2.75) is 97.1 Å². The summed E-state index contributed by atoms with van der Waals surface area (Å²) in [4.78, 5) is 10.5. The number of nitrogens with zero attached hydrogens (tertiary/aromatic N) is 3. The molecule has 0 aromatic heterocycles. The highest BCUT2D eigenvalue weighted by Gasteiger charge is 2.32. The van der Waals surface area contributed by atoms with E-state index in [4.69, 9.17) is 11.5 Å². The molecule has 0 atom stereocenters. The molecule has 2 rings (SSSR count). The Balaban J connectivity index is 1.76. The van der Waals surface area contributed by atoms with E-state index in [0.29, 0.717) is 5.96 Å². The summed E-state index contributed by atoms with van der Waals surface area (Å²) >= 11 is 0. The quantitative estimate of drug-likeness (QED) is 0.477. The molecule has 0 fully saturated rings. The van der Waals surface area contributed by atoms with Gasteiger partial charge in [0.15, 0.2) is 0 Å². The fourth-order valence-corrected chi connectivity index (χ4v) is 3.92. The highest BCUT2D eigenvalue weighted by Crippen LogP contribution is 2.28. The van der Waals surface area contributed by atoms with Crippen LogP contribution in [0.3, 0.4) is 0 Å². The number of hydrogen-bond acceptors (Lipinski definition) is 5. The van der Waals surface area contributed by atoms with Crippen LogP contribution in [0.1, 0.15) is 90.5 Å². The Morgan fingerprint density at radius 2 is 1.50 bits per heavy atom. The Kier molecular flexibility index (Phi) is 8.81. The third kappa shape index (κ3) is 6.84. The molecule has 0 spiro atoms. The average molecular weight is 386 g/mol. The molecule has 5 heteroatoms. The molecule has 5 nitrogen and oxygen atoms in total. The van der Waals surface area contributed by atoms with Gasteiger partial charge in [-0.3, -0.25) is 4.90 Å². The molecule has 0 amide bonds. The minimum absolute atomic E-state index is 0.236. The van der Waals surface area contributed by atoms with Crippen molar-refractivity contribution in [1.82, 2.24) is 0 Å². The Hall–Kier alpha value is -2.04. The zero-order valence-corrected chi connectivity index (χ0v) is 18.1. The molecule has 1 aliphatic rings. The van der Waals surface area contributed by atoms with Crippen LogP contribution in [-0.2, 0) is 6.42 Å². The summed E-state index contributed by atoms with van der Waals surface area (Å²) in [5, 5.41) is 0. The van der Waals surface area contributed by atoms with E-state index >= 15 is 0 Å². The Morgan fingerprint density at radius 3 is 2.11 bits per heavy atom. The SMILES string of the molecule is CCCCCCCCCCCCc1cccc(N2C(N)=NC(N)=NC2(C)C)c1.